The number of rotatable bonds is 6. The number of H-pyrrole nitrogens is 1. The first-order chi connectivity index (χ1) is 12.4. The van der Waals surface area contributed by atoms with Crippen molar-refractivity contribution in [1.82, 2.24) is 15.2 Å². The van der Waals surface area contributed by atoms with Gasteiger partial charge in [0.05, 0.1) is 11.1 Å². The van der Waals surface area contributed by atoms with Gasteiger partial charge in [0, 0.05) is 29.6 Å². The number of ether oxygens (including phenoxy) is 1. The zero-order valence-corrected chi connectivity index (χ0v) is 14.3. The lowest BCUT2D eigenvalue weighted by molar-refractivity contribution is -0.384. The number of nitrogens with one attached hydrogen (secondary N) is 1. The Bertz CT molecular complexity index is 935. The molecule has 10 heteroatoms. The summed E-state index contributed by atoms with van der Waals surface area (Å²) in [7, 11) is 3.96. The lowest BCUT2D eigenvalue weighted by atomic mass is 9.50. The predicted molar refractivity (Wildman–Crippen MR) is 99.4 cm³/mol. The van der Waals surface area contributed by atoms with E-state index in [0.717, 1.165) is 5.56 Å². The minimum atomic E-state index is -1.02. The third-order valence-electron chi connectivity index (χ3n) is 4.26. The van der Waals surface area contributed by atoms with Crippen molar-refractivity contribution in [3.63, 3.8) is 0 Å². The van der Waals surface area contributed by atoms with Gasteiger partial charge in [0.1, 0.15) is 27.1 Å². The summed E-state index contributed by atoms with van der Waals surface area (Å²) < 4.78 is 17.8. The molecule has 3 aromatic rings. The highest BCUT2D eigenvalue weighted by atomic mass is 19.1. The first-order valence-corrected chi connectivity index (χ1v) is 7.88. The second kappa shape index (κ2) is 6.99. The molecule has 0 aliphatic carbocycles. The summed E-state index contributed by atoms with van der Waals surface area (Å²) in [6.07, 6.45) is 3.49. The summed E-state index contributed by atoms with van der Waals surface area (Å²) in [5, 5.41) is 17.3. The van der Waals surface area contributed by atoms with E-state index < -0.39 is 17.0 Å². The van der Waals surface area contributed by atoms with Gasteiger partial charge < -0.3 is 4.74 Å². The second-order valence-electron chi connectivity index (χ2n) is 6.22. The molecule has 0 spiro atoms. The standard InChI is InChI=1S/C16H15B2FN4O3/c17-16(18,11-7-20-21-8-11)14-5-4-13(26-9-19)15(22-14)10-2-1-3-12(6-10)23(24)25/h1-8H,9,17-18H2,(H,20,21). The third-order valence-corrected chi connectivity index (χ3v) is 4.26. The van der Waals surface area contributed by atoms with Gasteiger partial charge in [-0.1, -0.05) is 12.1 Å². The Morgan fingerprint density at radius 2 is 2.12 bits per heavy atom. The van der Waals surface area contributed by atoms with Crippen LogP contribution < -0.4 is 4.74 Å². The first kappa shape index (κ1) is 17.7. The Kier molecular flexibility index (Phi) is 4.75. The third kappa shape index (κ3) is 3.30. The number of benzene rings is 1. The van der Waals surface area contributed by atoms with Gasteiger partial charge in [0.25, 0.3) is 5.69 Å². The van der Waals surface area contributed by atoms with Crippen molar-refractivity contribution in [3.05, 3.63) is 70.2 Å². The monoisotopic (exact) mass is 352 g/mol. The number of hydrogen-bond donors (Lipinski definition) is 1. The zero-order valence-electron chi connectivity index (χ0n) is 14.3. The molecule has 0 amide bonds. The molecule has 2 aromatic heterocycles. The topological polar surface area (TPSA) is 93.9 Å². The van der Waals surface area contributed by atoms with Crippen molar-refractivity contribution in [1.29, 1.82) is 0 Å². The van der Waals surface area contributed by atoms with Crippen LogP contribution in [0, 0.1) is 10.1 Å². The van der Waals surface area contributed by atoms with Crippen LogP contribution in [0.5, 0.6) is 5.75 Å². The van der Waals surface area contributed by atoms with E-state index in [-0.39, 0.29) is 11.4 Å². The Hall–Kier alpha value is -3.16. The number of pyridine rings is 1. The smallest absolute Gasteiger partial charge is 0.270 e. The van der Waals surface area contributed by atoms with E-state index in [4.69, 9.17) is 4.74 Å². The molecule has 26 heavy (non-hydrogen) atoms. The highest BCUT2D eigenvalue weighted by Crippen LogP contribution is 2.33. The number of nitro groups is 1. The van der Waals surface area contributed by atoms with Gasteiger partial charge >= 0.3 is 0 Å². The van der Waals surface area contributed by atoms with E-state index in [2.05, 4.69) is 15.2 Å². The minimum Gasteiger partial charge on any atom is -0.461 e. The van der Waals surface area contributed by atoms with Gasteiger partial charge in [-0.15, -0.1) is 0 Å². The first-order valence-electron chi connectivity index (χ1n) is 7.88. The molecule has 1 aromatic carbocycles. The Labute approximate surface area is 150 Å². The molecule has 7 nitrogen and oxygen atoms in total. The van der Waals surface area contributed by atoms with Crippen LogP contribution in [0.25, 0.3) is 11.3 Å². The van der Waals surface area contributed by atoms with Crippen LogP contribution in [0.2, 0.25) is 0 Å². The number of alkyl halides is 1. The van der Waals surface area contributed by atoms with Crippen LogP contribution in [0.4, 0.5) is 10.1 Å². The number of hydrogen-bond acceptors (Lipinski definition) is 5. The van der Waals surface area contributed by atoms with Gasteiger partial charge in [-0.25, -0.2) is 9.37 Å². The molecular formula is C16H15B2FN4O3. The normalized spacial score (nSPS) is 11.3. The molecule has 0 unspecified atom stereocenters. The average molecular weight is 352 g/mol. The van der Waals surface area contributed by atoms with Gasteiger partial charge in [0.2, 0.25) is 6.86 Å². The minimum absolute atomic E-state index is 0.0741. The zero-order chi connectivity index (χ0) is 18.7. The fraction of sp³-hybridized carbons (Fsp3) is 0.125. The quantitative estimate of drug-likeness (QED) is 0.408. The van der Waals surface area contributed by atoms with Crippen molar-refractivity contribution in [2.24, 2.45) is 0 Å². The maximum atomic E-state index is 12.8. The van der Waals surface area contributed by atoms with Crippen molar-refractivity contribution in [2.45, 2.75) is 5.21 Å². The molecule has 3 rings (SSSR count). The summed E-state index contributed by atoms with van der Waals surface area (Å²) in [6.45, 7) is -1.02. The molecule has 0 saturated heterocycles. The maximum absolute atomic E-state index is 12.8. The fourth-order valence-corrected chi connectivity index (χ4v) is 2.68. The molecule has 0 atom stereocenters. The molecule has 2 heterocycles. The summed E-state index contributed by atoms with van der Waals surface area (Å²) in [5.74, 6) is 0.222. The van der Waals surface area contributed by atoms with E-state index in [1.54, 1.807) is 36.7 Å². The highest BCUT2D eigenvalue weighted by Gasteiger charge is 2.27. The number of nitro benzene ring substituents is 1. The number of aromatic amines is 1. The van der Waals surface area contributed by atoms with Crippen LogP contribution in [-0.4, -0.2) is 42.7 Å². The second-order valence-corrected chi connectivity index (χ2v) is 6.22. The number of nitrogens with zero attached hydrogens (tertiary/aromatic N) is 3. The van der Waals surface area contributed by atoms with E-state index in [9.17, 15) is 14.5 Å². The van der Waals surface area contributed by atoms with Crippen molar-refractivity contribution >= 4 is 21.4 Å². The van der Waals surface area contributed by atoms with Crippen LogP contribution in [0.1, 0.15) is 11.3 Å². The molecule has 0 aliphatic heterocycles. The molecule has 0 bridgehead atoms. The highest BCUT2D eigenvalue weighted by molar-refractivity contribution is 6.42. The van der Waals surface area contributed by atoms with Crippen molar-refractivity contribution in [2.75, 3.05) is 6.86 Å². The Balaban J connectivity index is 2.14. The summed E-state index contributed by atoms with van der Waals surface area (Å²) in [6, 6.07) is 9.38. The molecule has 130 valence electrons. The SMILES string of the molecule is BC(B)(c1cn[nH]c1)c1ccc(OCF)c(-c2cccc([N+](=O)[O-])c2)n1. The maximum Gasteiger partial charge on any atom is 0.270 e. The van der Waals surface area contributed by atoms with E-state index in [1.165, 1.54) is 12.1 Å². The molecule has 0 fully saturated rings. The largest absolute Gasteiger partial charge is 0.461 e. The van der Waals surface area contributed by atoms with Crippen LogP contribution in [0.15, 0.2) is 48.8 Å². The van der Waals surface area contributed by atoms with Gasteiger partial charge in [-0.05, 0) is 22.9 Å². The molecule has 0 saturated carbocycles. The van der Waals surface area contributed by atoms with Crippen LogP contribution in [-0.2, 0) is 5.21 Å². The number of non-ortho nitro benzene ring substituents is 1. The number of aromatic nitrogens is 3. The van der Waals surface area contributed by atoms with E-state index in [0.29, 0.717) is 17.0 Å². The Morgan fingerprint density at radius 1 is 1.31 bits per heavy atom. The van der Waals surface area contributed by atoms with Crippen LogP contribution >= 0.6 is 0 Å². The van der Waals surface area contributed by atoms with Crippen LogP contribution in [0.3, 0.4) is 0 Å². The predicted octanol–water partition coefficient (Wildman–Crippen LogP) is 1.15. The fourth-order valence-electron chi connectivity index (χ4n) is 2.68. The lowest BCUT2D eigenvalue weighted by Gasteiger charge is -2.24. The van der Waals surface area contributed by atoms with Gasteiger partial charge in [-0.3, -0.25) is 15.2 Å². The summed E-state index contributed by atoms with van der Waals surface area (Å²) in [4.78, 5) is 15.2. The molecule has 0 radical (unpaired) electrons. The van der Waals surface area contributed by atoms with Crippen molar-refractivity contribution < 1.29 is 14.1 Å². The summed E-state index contributed by atoms with van der Waals surface area (Å²) in [5.41, 5.74) is 2.38. The van der Waals surface area contributed by atoms with Gasteiger partial charge in [-0.2, -0.15) is 5.10 Å². The summed E-state index contributed by atoms with van der Waals surface area (Å²) >= 11 is 0. The number of halogens is 1. The van der Waals surface area contributed by atoms with E-state index >= 15 is 0 Å². The van der Waals surface area contributed by atoms with Crippen molar-refractivity contribution in [3.8, 4) is 17.0 Å². The average Bonchev–Trinajstić information content (AvgIpc) is 3.18. The Morgan fingerprint density at radius 3 is 2.77 bits per heavy atom. The molecular weight excluding hydrogens is 337 g/mol. The van der Waals surface area contributed by atoms with Gasteiger partial charge in [0.15, 0.2) is 0 Å². The molecule has 1 N–H and O–H groups in total. The van der Waals surface area contributed by atoms with E-state index in [1.807, 2.05) is 15.7 Å². The molecule has 0 aliphatic rings. The lowest BCUT2D eigenvalue weighted by Crippen LogP contribution is -2.29.